The van der Waals surface area contributed by atoms with Gasteiger partial charge in [-0.05, 0) is 45.0 Å². The van der Waals surface area contributed by atoms with E-state index in [4.69, 9.17) is 4.74 Å². The molecule has 0 unspecified atom stereocenters. The molecule has 0 saturated carbocycles. The molecule has 0 aliphatic carbocycles. The van der Waals surface area contributed by atoms with Crippen molar-refractivity contribution in [2.24, 2.45) is 0 Å². The molecule has 0 bridgehead atoms. The van der Waals surface area contributed by atoms with Crippen molar-refractivity contribution >= 4 is 17.4 Å². The largest absolute Gasteiger partial charge is 0.497 e. The van der Waals surface area contributed by atoms with Crippen LogP contribution in [-0.4, -0.2) is 54.7 Å². The minimum absolute atomic E-state index is 0.203. The number of amides is 1. The van der Waals surface area contributed by atoms with Gasteiger partial charge in [0.05, 0.1) is 19.5 Å². The van der Waals surface area contributed by atoms with Crippen LogP contribution in [0.25, 0.3) is 0 Å². The normalized spacial score (nSPS) is 14.8. The Bertz CT molecular complexity index is 760. The highest BCUT2D eigenvalue weighted by atomic mass is 16.5. The highest BCUT2D eigenvalue weighted by Crippen LogP contribution is 2.21. The summed E-state index contributed by atoms with van der Waals surface area (Å²) in [6, 6.07) is 8.12. The third-order valence-corrected chi connectivity index (χ3v) is 4.40. The quantitative estimate of drug-likeness (QED) is 0.892. The molecule has 1 saturated heterocycles. The smallest absolute Gasteiger partial charge is 0.271 e. The highest BCUT2D eigenvalue weighted by Gasteiger charge is 2.20. The molecule has 1 N–H and O–H groups in total. The summed E-state index contributed by atoms with van der Waals surface area (Å²) in [7, 11) is 1.67. The van der Waals surface area contributed by atoms with Crippen LogP contribution in [0.2, 0.25) is 0 Å². The molecule has 1 aliphatic heterocycles. The summed E-state index contributed by atoms with van der Waals surface area (Å²) in [5, 5.41) is 2.90. The minimum atomic E-state index is -0.296. The lowest BCUT2D eigenvalue weighted by Gasteiger charge is -2.36. The molecular weight excluding hydrogens is 342 g/mol. The van der Waals surface area contributed by atoms with E-state index < -0.39 is 0 Å². The van der Waals surface area contributed by atoms with Crippen LogP contribution >= 0.6 is 0 Å². The Labute approximate surface area is 160 Å². The minimum Gasteiger partial charge on any atom is -0.497 e. The lowest BCUT2D eigenvalue weighted by molar-refractivity contribution is 0.0914. The maximum Gasteiger partial charge on any atom is 0.271 e. The molecule has 2 heterocycles. The zero-order valence-electron chi connectivity index (χ0n) is 16.4. The number of nitrogens with zero attached hydrogens (tertiary/aromatic N) is 4. The number of hydrogen-bond acceptors (Lipinski definition) is 6. The van der Waals surface area contributed by atoms with Gasteiger partial charge in [0.25, 0.3) is 5.91 Å². The van der Waals surface area contributed by atoms with Crippen molar-refractivity contribution in [3.63, 3.8) is 0 Å². The third kappa shape index (κ3) is 4.87. The Morgan fingerprint density at radius 3 is 2.15 bits per heavy atom. The van der Waals surface area contributed by atoms with Gasteiger partial charge in [-0.2, -0.15) is 0 Å². The van der Waals surface area contributed by atoms with Gasteiger partial charge in [0.1, 0.15) is 17.3 Å². The Hall–Kier alpha value is -2.83. The first-order valence-corrected chi connectivity index (χ1v) is 9.14. The number of piperazine rings is 1. The average Bonchev–Trinajstić information content (AvgIpc) is 2.67. The summed E-state index contributed by atoms with van der Waals surface area (Å²) in [5.41, 5.74) is 1.23. The van der Waals surface area contributed by atoms with Gasteiger partial charge in [0.2, 0.25) is 0 Å². The predicted molar refractivity (Wildman–Crippen MR) is 107 cm³/mol. The monoisotopic (exact) mass is 369 g/mol. The Balaban J connectivity index is 1.58. The van der Waals surface area contributed by atoms with E-state index in [1.165, 1.54) is 5.69 Å². The molecule has 1 aliphatic rings. The molecule has 1 aromatic heterocycles. The van der Waals surface area contributed by atoms with Crippen LogP contribution in [0.5, 0.6) is 5.75 Å². The maximum atomic E-state index is 12.2. The number of carbonyl (C=O) groups is 1. The number of hydrogen-bond donors (Lipinski definition) is 1. The topological polar surface area (TPSA) is 70.6 Å². The number of ether oxygens (including phenoxy) is 1. The average molecular weight is 369 g/mol. The van der Waals surface area contributed by atoms with E-state index in [-0.39, 0.29) is 11.4 Å². The van der Waals surface area contributed by atoms with Crippen molar-refractivity contribution in [3.05, 3.63) is 42.4 Å². The van der Waals surface area contributed by atoms with Gasteiger partial charge in [0.15, 0.2) is 0 Å². The van der Waals surface area contributed by atoms with E-state index in [2.05, 4.69) is 37.2 Å². The van der Waals surface area contributed by atoms with Gasteiger partial charge in [0, 0.05) is 37.4 Å². The summed E-state index contributed by atoms with van der Waals surface area (Å²) in [6.45, 7) is 9.34. The zero-order chi connectivity index (χ0) is 19.4. The van der Waals surface area contributed by atoms with Crippen LogP contribution in [0.4, 0.5) is 11.5 Å². The zero-order valence-corrected chi connectivity index (χ0v) is 16.4. The van der Waals surface area contributed by atoms with Crippen LogP contribution in [-0.2, 0) is 0 Å². The molecule has 1 fully saturated rings. The molecule has 0 spiro atoms. The van der Waals surface area contributed by atoms with Crippen molar-refractivity contribution in [3.8, 4) is 5.75 Å². The van der Waals surface area contributed by atoms with Crippen LogP contribution in [0.15, 0.2) is 36.7 Å². The lowest BCUT2D eigenvalue weighted by Crippen LogP contribution is -2.47. The number of benzene rings is 1. The second-order valence-electron chi connectivity index (χ2n) is 7.64. The van der Waals surface area contributed by atoms with Gasteiger partial charge in [-0.25, -0.2) is 9.97 Å². The Morgan fingerprint density at radius 2 is 1.63 bits per heavy atom. The van der Waals surface area contributed by atoms with E-state index in [0.29, 0.717) is 5.69 Å². The Kier molecular flexibility index (Phi) is 5.48. The lowest BCUT2D eigenvalue weighted by atomic mass is 10.1. The number of aromatic nitrogens is 2. The number of methoxy groups -OCH3 is 1. The third-order valence-electron chi connectivity index (χ3n) is 4.40. The number of carbonyl (C=O) groups excluding carboxylic acids is 1. The van der Waals surface area contributed by atoms with E-state index in [0.717, 1.165) is 37.7 Å². The summed E-state index contributed by atoms with van der Waals surface area (Å²) in [6.07, 6.45) is 3.23. The molecule has 7 heteroatoms. The highest BCUT2D eigenvalue weighted by molar-refractivity contribution is 5.92. The molecule has 3 rings (SSSR count). The van der Waals surface area contributed by atoms with Crippen molar-refractivity contribution < 1.29 is 9.53 Å². The first-order chi connectivity index (χ1) is 12.9. The summed E-state index contributed by atoms with van der Waals surface area (Å²) in [5.74, 6) is 1.46. The van der Waals surface area contributed by atoms with Gasteiger partial charge in [-0.15, -0.1) is 0 Å². The number of nitrogens with one attached hydrogen (secondary N) is 1. The van der Waals surface area contributed by atoms with E-state index >= 15 is 0 Å². The fraction of sp³-hybridized carbons (Fsp3) is 0.450. The summed E-state index contributed by atoms with van der Waals surface area (Å²) < 4.78 is 5.21. The standard InChI is InChI=1S/C20H27N5O2/c1-20(2,3)23-19(26)17-13-22-18(14-21-17)25-11-9-24(10-12-25)15-5-7-16(27-4)8-6-15/h5-8,13-14H,9-12H2,1-4H3,(H,23,26). The van der Waals surface area contributed by atoms with E-state index in [1.54, 1.807) is 19.5 Å². The second kappa shape index (κ2) is 7.82. The molecular formula is C20H27N5O2. The first kappa shape index (κ1) is 18.9. The SMILES string of the molecule is COc1ccc(N2CCN(c3cnc(C(=O)NC(C)(C)C)cn3)CC2)cc1. The van der Waals surface area contributed by atoms with Crippen molar-refractivity contribution in [1.29, 1.82) is 0 Å². The molecule has 2 aromatic rings. The molecule has 1 aromatic carbocycles. The van der Waals surface area contributed by atoms with Crippen molar-refractivity contribution in [2.45, 2.75) is 26.3 Å². The van der Waals surface area contributed by atoms with Crippen LogP contribution in [0.1, 0.15) is 31.3 Å². The Morgan fingerprint density at radius 1 is 1.00 bits per heavy atom. The molecule has 1 amide bonds. The molecule has 0 atom stereocenters. The maximum absolute atomic E-state index is 12.2. The fourth-order valence-electron chi connectivity index (χ4n) is 2.99. The molecule has 27 heavy (non-hydrogen) atoms. The van der Waals surface area contributed by atoms with Crippen molar-refractivity contribution in [2.75, 3.05) is 43.1 Å². The van der Waals surface area contributed by atoms with Gasteiger partial charge < -0.3 is 19.9 Å². The fourth-order valence-corrected chi connectivity index (χ4v) is 2.99. The second-order valence-corrected chi connectivity index (χ2v) is 7.64. The van der Waals surface area contributed by atoms with E-state index in [1.807, 2.05) is 32.9 Å². The van der Waals surface area contributed by atoms with Gasteiger partial charge in [-0.1, -0.05) is 0 Å². The number of rotatable bonds is 4. The van der Waals surface area contributed by atoms with Crippen LogP contribution in [0, 0.1) is 0 Å². The molecule has 0 radical (unpaired) electrons. The van der Waals surface area contributed by atoms with Crippen LogP contribution < -0.4 is 19.9 Å². The number of anilines is 2. The molecule has 144 valence electrons. The molecule has 7 nitrogen and oxygen atoms in total. The summed E-state index contributed by atoms with van der Waals surface area (Å²) >= 11 is 0. The predicted octanol–water partition coefficient (Wildman–Crippen LogP) is 2.34. The van der Waals surface area contributed by atoms with Gasteiger partial charge in [-0.3, -0.25) is 4.79 Å². The van der Waals surface area contributed by atoms with Crippen LogP contribution in [0.3, 0.4) is 0 Å². The first-order valence-electron chi connectivity index (χ1n) is 9.14. The summed E-state index contributed by atoms with van der Waals surface area (Å²) in [4.78, 5) is 25.4. The van der Waals surface area contributed by atoms with Crippen molar-refractivity contribution in [1.82, 2.24) is 15.3 Å². The van der Waals surface area contributed by atoms with Gasteiger partial charge >= 0.3 is 0 Å². The van der Waals surface area contributed by atoms with E-state index in [9.17, 15) is 4.79 Å².